The molecule has 2 heterocycles. The zero-order valence-corrected chi connectivity index (χ0v) is 14.2. The van der Waals surface area contributed by atoms with Gasteiger partial charge in [0.15, 0.2) is 5.82 Å². The number of benzene rings is 1. The standard InChI is InChI=1S/C19H25FN4/c1-2-9-23-10-12-24(13-11-23)19-6-4-3-5-16(19)14-22-18-7-8-21-15-17(18)20/h3-8,15H,2,9-14H2,1H3,(H,21,22). The Morgan fingerprint density at radius 3 is 2.67 bits per heavy atom. The fourth-order valence-electron chi connectivity index (χ4n) is 3.21. The normalized spacial score (nSPS) is 15.5. The van der Waals surface area contributed by atoms with Crippen molar-refractivity contribution in [2.24, 2.45) is 0 Å². The SMILES string of the molecule is CCCN1CCN(c2ccccc2CNc2ccncc2F)CC1. The van der Waals surface area contributed by atoms with E-state index < -0.39 is 0 Å². The first-order chi connectivity index (χ1) is 11.8. The van der Waals surface area contributed by atoms with Crippen molar-refractivity contribution in [1.82, 2.24) is 9.88 Å². The third kappa shape index (κ3) is 4.03. The molecule has 0 radical (unpaired) electrons. The van der Waals surface area contributed by atoms with Crippen LogP contribution in [0.1, 0.15) is 18.9 Å². The van der Waals surface area contributed by atoms with Crippen LogP contribution in [0.3, 0.4) is 0 Å². The summed E-state index contributed by atoms with van der Waals surface area (Å²) in [7, 11) is 0. The van der Waals surface area contributed by atoms with E-state index in [9.17, 15) is 4.39 Å². The van der Waals surface area contributed by atoms with Gasteiger partial charge in [-0.3, -0.25) is 9.88 Å². The summed E-state index contributed by atoms with van der Waals surface area (Å²) in [6.45, 7) is 8.31. The number of hydrogen-bond acceptors (Lipinski definition) is 4. The zero-order valence-electron chi connectivity index (χ0n) is 14.2. The minimum atomic E-state index is -0.317. The largest absolute Gasteiger partial charge is 0.378 e. The zero-order chi connectivity index (χ0) is 16.8. The molecule has 1 aromatic heterocycles. The molecule has 3 rings (SSSR count). The van der Waals surface area contributed by atoms with Gasteiger partial charge in [0, 0.05) is 44.6 Å². The number of nitrogens with one attached hydrogen (secondary N) is 1. The van der Waals surface area contributed by atoms with Crippen LogP contribution < -0.4 is 10.2 Å². The summed E-state index contributed by atoms with van der Waals surface area (Å²) in [4.78, 5) is 8.74. The second-order valence-corrected chi connectivity index (χ2v) is 6.17. The van der Waals surface area contributed by atoms with E-state index in [1.54, 1.807) is 12.3 Å². The number of rotatable bonds is 6. The lowest BCUT2D eigenvalue weighted by Gasteiger charge is -2.37. The predicted octanol–water partition coefficient (Wildman–Crippen LogP) is 3.36. The van der Waals surface area contributed by atoms with Crippen molar-refractivity contribution in [2.75, 3.05) is 42.9 Å². The third-order valence-corrected chi connectivity index (χ3v) is 4.49. The summed E-state index contributed by atoms with van der Waals surface area (Å²) < 4.78 is 13.7. The Kier molecular flexibility index (Phi) is 5.64. The maximum Gasteiger partial charge on any atom is 0.164 e. The van der Waals surface area contributed by atoms with Crippen molar-refractivity contribution in [1.29, 1.82) is 0 Å². The topological polar surface area (TPSA) is 31.4 Å². The number of hydrogen-bond donors (Lipinski definition) is 1. The van der Waals surface area contributed by atoms with Crippen LogP contribution in [0.2, 0.25) is 0 Å². The average molecular weight is 328 g/mol. The first-order valence-corrected chi connectivity index (χ1v) is 8.66. The first-order valence-electron chi connectivity index (χ1n) is 8.66. The van der Waals surface area contributed by atoms with E-state index in [1.807, 2.05) is 6.07 Å². The molecule has 0 aliphatic carbocycles. The van der Waals surface area contributed by atoms with Gasteiger partial charge in [-0.1, -0.05) is 25.1 Å². The molecule has 1 aromatic carbocycles. The van der Waals surface area contributed by atoms with Crippen LogP contribution in [-0.2, 0) is 6.54 Å². The van der Waals surface area contributed by atoms with E-state index in [4.69, 9.17) is 0 Å². The number of nitrogens with zero attached hydrogens (tertiary/aromatic N) is 3. The van der Waals surface area contributed by atoms with Crippen LogP contribution in [0.4, 0.5) is 15.8 Å². The van der Waals surface area contributed by atoms with Crippen LogP contribution in [0.25, 0.3) is 0 Å². The monoisotopic (exact) mass is 328 g/mol. The van der Waals surface area contributed by atoms with Crippen LogP contribution in [0.15, 0.2) is 42.7 Å². The molecule has 2 aromatic rings. The maximum atomic E-state index is 13.7. The van der Waals surface area contributed by atoms with E-state index in [-0.39, 0.29) is 5.82 Å². The number of anilines is 2. The maximum absolute atomic E-state index is 13.7. The molecule has 0 saturated carbocycles. The molecule has 5 heteroatoms. The molecule has 24 heavy (non-hydrogen) atoms. The Morgan fingerprint density at radius 1 is 1.12 bits per heavy atom. The number of piperazine rings is 1. The third-order valence-electron chi connectivity index (χ3n) is 4.49. The number of halogens is 1. The lowest BCUT2D eigenvalue weighted by molar-refractivity contribution is 0.258. The molecule has 1 saturated heterocycles. The van der Waals surface area contributed by atoms with Crippen LogP contribution in [0, 0.1) is 5.82 Å². The second kappa shape index (κ2) is 8.11. The summed E-state index contributed by atoms with van der Waals surface area (Å²) in [5.41, 5.74) is 2.93. The minimum Gasteiger partial charge on any atom is -0.378 e. The van der Waals surface area contributed by atoms with Gasteiger partial charge in [0.25, 0.3) is 0 Å². The Hall–Kier alpha value is -2.14. The summed E-state index contributed by atoms with van der Waals surface area (Å²) in [5, 5.41) is 3.19. The predicted molar refractivity (Wildman–Crippen MR) is 96.9 cm³/mol. The molecule has 0 spiro atoms. The van der Waals surface area contributed by atoms with Gasteiger partial charge in [0.1, 0.15) is 0 Å². The smallest absolute Gasteiger partial charge is 0.164 e. The summed E-state index contributed by atoms with van der Waals surface area (Å²) in [6.07, 6.45) is 4.05. The summed E-state index contributed by atoms with van der Waals surface area (Å²) in [6, 6.07) is 10.1. The van der Waals surface area contributed by atoms with Gasteiger partial charge in [-0.05, 0) is 30.7 Å². The summed E-state index contributed by atoms with van der Waals surface area (Å²) in [5.74, 6) is -0.317. The van der Waals surface area contributed by atoms with Gasteiger partial charge in [0.05, 0.1) is 11.9 Å². The van der Waals surface area contributed by atoms with Crippen molar-refractivity contribution in [3.05, 3.63) is 54.1 Å². The molecule has 4 nitrogen and oxygen atoms in total. The van der Waals surface area contributed by atoms with Gasteiger partial charge in [0.2, 0.25) is 0 Å². The van der Waals surface area contributed by atoms with Crippen molar-refractivity contribution in [2.45, 2.75) is 19.9 Å². The Morgan fingerprint density at radius 2 is 1.92 bits per heavy atom. The van der Waals surface area contributed by atoms with Crippen LogP contribution in [-0.4, -0.2) is 42.6 Å². The van der Waals surface area contributed by atoms with E-state index in [0.717, 1.165) is 26.2 Å². The minimum absolute atomic E-state index is 0.317. The Balaban J connectivity index is 1.66. The Labute approximate surface area is 143 Å². The van der Waals surface area contributed by atoms with E-state index in [2.05, 4.69) is 45.2 Å². The molecule has 0 unspecified atom stereocenters. The van der Waals surface area contributed by atoms with Crippen molar-refractivity contribution < 1.29 is 4.39 Å². The van der Waals surface area contributed by atoms with E-state index in [0.29, 0.717) is 12.2 Å². The van der Waals surface area contributed by atoms with Gasteiger partial charge < -0.3 is 10.2 Å². The fourth-order valence-corrected chi connectivity index (χ4v) is 3.21. The van der Waals surface area contributed by atoms with Crippen molar-refractivity contribution in [3.8, 4) is 0 Å². The second-order valence-electron chi connectivity index (χ2n) is 6.17. The first kappa shape index (κ1) is 16.7. The number of aromatic nitrogens is 1. The average Bonchev–Trinajstić information content (AvgIpc) is 2.62. The summed E-state index contributed by atoms with van der Waals surface area (Å²) >= 11 is 0. The lowest BCUT2D eigenvalue weighted by atomic mass is 10.1. The molecule has 0 bridgehead atoms. The molecule has 0 amide bonds. The lowest BCUT2D eigenvalue weighted by Crippen LogP contribution is -2.46. The Bertz CT molecular complexity index is 653. The molecule has 1 N–H and O–H groups in total. The number of para-hydroxylation sites is 1. The molecule has 1 aliphatic rings. The van der Waals surface area contributed by atoms with E-state index >= 15 is 0 Å². The highest BCUT2D eigenvalue weighted by Gasteiger charge is 2.18. The quantitative estimate of drug-likeness (QED) is 0.881. The van der Waals surface area contributed by atoms with Crippen LogP contribution >= 0.6 is 0 Å². The van der Waals surface area contributed by atoms with Crippen molar-refractivity contribution in [3.63, 3.8) is 0 Å². The van der Waals surface area contributed by atoms with Gasteiger partial charge in [-0.25, -0.2) is 4.39 Å². The highest BCUT2D eigenvalue weighted by Crippen LogP contribution is 2.23. The fraction of sp³-hybridized carbons (Fsp3) is 0.421. The molecular weight excluding hydrogens is 303 g/mol. The molecular formula is C19H25FN4. The molecule has 1 aliphatic heterocycles. The van der Waals surface area contributed by atoms with Gasteiger partial charge in [-0.2, -0.15) is 0 Å². The van der Waals surface area contributed by atoms with Gasteiger partial charge >= 0.3 is 0 Å². The van der Waals surface area contributed by atoms with Crippen molar-refractivity contribution >= 4 is 11.4 Å². The van der Waals surface area contributed by atoms with E-state index in [1.165, 1.54) is 30.4 Å². The van der Waals surface area contributed by atoms with Crippen LogP contribution in [0.5, 0.6) is 0 Å². The highest BCUT2D eigenvalue weighted by molar-refractivity contribution is 5.56. The van der Waals surface area contributed by atoms with Gasteiger partial charge in [-0.15, -0.1) is 0 Å². The molecule has 1 fully saturated rings. The number of pyridine rings is 1. The molecule has 128 valence electrons. The molecule has 0 atom stereocenters. The highest BCUT2D eigenvalue weighted by atomic mass is 19.1.